The van der Waals surface area contributed by atoms with Crippen molar-refractivity contribution in [2.75, 3.05) is 12.3 Å². The molecular weight excluding hydrogens is 186 g/mol. The second-order valence-corrected chi connectivity index (χ2v) is 2.90. The summed E-state index contributed by atoms with van der Waals surface area (Å²) < 4.78 is 5.30. The fourth-order valence-electron chi connectivity index (χ4n) is 0.854. The predicted molar refractivity (Wildman–Crippen MR) is 54.8 cm³/mol. The van der Waals surface area contributed by atoms with Gasteiger partial charge in [0.2, 0.25) is 0 Å². The Morgan fingerprint density at radius 2 is 2.31 bits per heavy atom. The first kappa shape index (κ1) is 9.76. The van der Waals surface area contributed by atoms with Gasteiger partial charge in [0.05, 0.1) is 11.6 Å². The highest BCUT2D eigenvalue weighted by molar-refractivity contribution is 6.32. The molecule has 2 nitrogen and oxygen atoms in total. The molecule has 0 saturated heterocycles. The molecule has 0 aliphatic rings. The lowest BCUT2D eigenvalue weighted by atomic mass is 10.3. The average Bonchev–Trinajstić information content (AvgIpc) is 2.09. The molecule has 1 rings (SSSR count). The quantitative estimate of drug-likeness (QED) is 0.457. The number of hydrogen-bond acceptors (Lipinski definition) is 2. The maximum atomic E-state index is 5.85. The van der Waals surface area contributed by atoms with Crippen molar-refractivity contribution in [2.45, 2.75) is 6.42 Å². The van der Waals surface area contributed by atoms with E-state index < -0.39 is 0 Å². The Balaban J connectivity index is 2.62. The average molecular weight is 196 g/mol. The van der Waals surface area contributed by atoms with Gasteiger partial charge in [-0.05, 0) is 18.2 Å². The minimum atomic E-state index is 0.472. The van der Waals surface area contributed by atoms with Gasteiger partial charge in [-0.1, -0.05) is 11.6 Å². The van der Waals surface area contributed by atoms with Crippen LogP contribution in [0.25, 0.3) is 0 Å². The highest BCUT2D eigenvalue weighted by Crippen LogP contribution is 2.26. The smallest absolute Gasteiger partial charge is 0.138 e. The number of halogens is 1. The van der Waals surface area contributed by atoms with E-state index in [1.54, 1.807) is 18.2 Å². The molecule has 68 valence electrons. The molecular formula is C10H10ClNO. The number of anilines is 1. The monoisotopic (exact) mass is 195 g/mol. The first-order chi connectivity index (χ1) is 6.24. The minimum Gasteiger partial charge on any atom is -0.491 e. The van der Waals surface area contributed by atoms with E-state index in [0.717, 1.165) is 0 Å². The zero-order valence-electron chi connectivity index (χ0n) is 7.09. The Morgan fingerprint density at radius 3 is 2.92 bits per heavy atom. The van der Waals surface area contributed by atoms with Crippen molar-refractivity contribution in [3.63, 3.8) is 0 Å². The Morgan fingerprint density at radius 1 is 1.54 bits per heavy atom. The number of ether oxygens (including phenoxy) is 1. The van der Waals surface area contributed by atoms with Gasteiger partial charge in [-0.25, -0.2) is 0 Å². The largest absolute Gasteiger partial charge is 0.491 e. The van der Waals surface area contributed by atoms with E-state index in [4.69, 9.17) is 28.5 Å². The van der Waals surface area contributed by atoms with E-state index in [0.29, 0.717) is 29.5 Å². The molecule has 0 saturated carbocycles. The van der Waals surface area contributed by atoms with Crippen LogP contribution < -0.4 is 10.5 Å². The van der Waals surface area contributed by atoms with Gasteiger partial charge in [-0.3, -0.25) is 0 Å². The molecule has 0 heterocycles. The van der Waals surface area contributed by atoms with Gasteiger partial charge in [-0.15, -0.1) is 12.3 Å². The molecule has 3 heteroatoms. The van der Waals surface area contributed by atoms with Gasteiger partial charge in [0.25, 0.3) is 0 Å². The van der Waals surface area contributed by atoms with Crippen LogP contribution in [0.1, 0.15) is 6.42 Å². The summed E-state index contributed by atoms with van der Waals surface area (Å²) in [4.78, 5) is 0. The van der Waals surface area contributed by atoms with Gasteiger partial charge >= 0.3 is 0 Å². The molecule has 0 spiro atoms. The van der Waals surface area contributed by atoms with E-state index in [1.165, 1.54) is 0 Å². The topological polar surface area (TPSA) is 35.2 Å². The van der Waals surface area contributed by atoms with E-state index in [1.807, 2.05) is 0 Å². The second kappa shape index (κ2) is 4.64. The maximum Gasteiger partial charge on any atom is 0.138 e. The van der Waals surface area contributed by atoms with Crippen molar-refractivity contribution in [3.05, 3.63) is 23.2 Å². The van der Waals surface area contributed by atoms with Crippen molar-refractivity contribution >= 4 is 17.3 Å². The van der Waals surface area contributed by atoms with Gasteiger partial charge in [0.1, 0.15) is 5.75 Å². The van der Waals surface area contributed by atoms with Crippen molar-refractivity contribution in [1.29, 1.82) is 0 Å². The number of rotatable bonds is 3. The van der Waals surface area contributed by atoms with Crippen molar-refractivity contribution in [2.24, 2.45) is 0 Å². The predicted octanol–water partition coefficient (Wildman–Crippen LogP) is 2.32. The Hall–Kier alpha value is -1.33. The van der Waals surface area contributed by atoms with Crippen LogP contribution in [-0.4, -0.2) is 6.61 Å². The van der Waals surface area contributed by atoms with Crippen LogP contribution >= 0.6 is 11.6 Å². The lowest BCUT2D eigenvalue weighted by Gasteiger charge is -2.06. The number of nitrogen functional groups attached to an aromatic ring is 1. The fourth-order valence-corrected chi connectivity index (χ4v) is 1.10. The summed E-state index contributed by atoms with van der Waals surface area (Å²) in [5, 5.41) is 0.511. The fraction of sp³-hybridized carbons (Fsp3) is 0.200. The summed E-state index contributed by atoms with van der Waals surface area (Å²) in [5.41, 5.74) is 6.13. The molecule has 1 aromatic rings. The summed E-state index contributed by atoms with van der Waals surface area (Å²) in [6.45, 7) is 0.472. The molecule has 0 aliphatic heterocycles. The van der Waals surface area contributed by atoms with Crippen LogP contribution in [0, 0.1) is 12.3 Å². The second-order valence-electron chi connectivity index (χ2n) is 2.49. The minimum absolute atomic E-state index is 0.472. The Kier molecular flexibility index (Phi) is 3.48. The van der Waals surface area contributed by atoms with Crippen molar-refractivity contribution in [1.82, 2.24) is 0 Å². The number of nitrogens with two attached hydrogens (primary N) is 1. The van der Waals surface area contributed by atoms with E-state index in [-0.39, 0.29) is 0 Å². The molecule has 0 unspecified atom stereocenters. The van der Waals surface area contributed by atoms with Crippen LogP contribution in [0.5, 0.6) is 5.75 Å². The van der Waals surface area contributed by atoms with Gasteiger partial charge in [-0.2, -0.15) is 0 Å². The lowest BCUT2D eigenvalue weighted by molar-refractivity contribution is 0.327. The molecule has 0 fully saturated rings. The van der Waals surface area contributed by atoms with Gasteiger partial charge in [0, 0.05) is 12.1 Å². The third-order valence-corrected chi connectivity index (χ3v) is 1.76. The molecule has 0 radical (unpaired) electrons. The van der Waals surface area contributed by atoms with Crippen LogP contribution in [0.3, 0.4) is 0 Å². The summed E-state index contributed by atoms with van der Waals surface area (Å²) in [7, 11) is 0. The summed E-state index contributed by atoms with van der Waals surface area (Å²) >= 11 is 5.85. The summed E-state index contributed by atoms with van der Waals surface area (Å²) in [5.74, 6) is 3.09. The Bertz CT molecular complexity index is 330. The van der Waals surface area contributed by atoms with Crippen LogP contribution in [0.4, 0.5) is 5.69 Å². The normalized spacial score (nSPS) is 9.23. The molecule has 2 N–H and O–H groups in total. The third-order valence-electron chi connectivity index (χ3n) is 1.46. The molecule has 0 amide bonds. The zero-order valence-corrected chi connectivity index (χ0v) is 7.84. The molecule has 0 atom stereocenters. The van der Waals surface area contributed by atoms with Crippen molar-refractivity contribution < 1.29 is 4.74 Å². The van der Waals surface area contributed by atoms with E-state index >= 15 is 0 Å². The third kappa shape index (κ3) is 2.89. The molecule has 13 heavy (non-hydrogen) atoms. The highest BCUT2D eigenvalue weighted by Gasteiger charge is 2.00. The Labute approximate surface area is 82.6 Å². The summed E-state index contributed by atoms with van der Waals surface area (Å²) in [6, 6.07) is 5.11. The van der Waals surface area contributed by atoms with Crippen LogP contribution in [0.15, 0.2) is 18.2 Å². The van der Waals surface area contributed by atoms with Gasteiger partial charge < -0.3 is 10.5 Å². The first-order valence-electron chi connectivity index (χ1n) is 3.85. The SMILES string of the molecule is C#CCCOc1ccc(N)cc1Cl. The van der Waals surface area contributed by atoms with E-state index in [9.17, 15) is 0 Å². The molecule has 0 aromatic heterocycles. The zero-order chi connectivity index (χ0) is 9.68. The van der Waals surface area contributed by atoms with Gasteiger partial charge in [0.15, 0.2) is 0 Å². The van der Waals surface area contributed by atoms with Crippen molar-refractivity contribution in [3.8, 4) is 18.1 Å². The standard InChI is InChI=1S/C10H10ClNO/c1-2-3-6-13-10-5-4-8(12)7-9(10)11/h1,4-5,7H,3,6,12H2. The van der Waals surface area contributed by atoms with E-state index in [2.05, 4.69) is 5.92 Å². The van der Waals surface area contributed by atoms with Crippen LogP contribution in [0.2, 0.25) is 5.02 Å². The maximum absolute atomic E-state index is 5.85. The number of terminal acetylenes is 1. The molecule has 0 bridgehead atoms. The molecule has 1 aromatic carbocycles. The number of hydrogen-bond donors (Lipinski definition) is 1. The summed E-state index contributed by atoms with van der Waals surface area (Å²) in [6.07, 6.45) is 5.64. The van der Waals surface area contributed by atoms with Crippen LogP contribution in [-0.2, 0) is 0 Å². The lowest BCUT2D eigenvalue weighted by Crippen LogP contribution is -1.96. The first-order valence-corrected chi connectivity index (χ1v) is 4.23. The number of benzene rings is 1. The highest BCUT2D eigenvalue weighted by atomic mass is 35.5. The molecule has 0 aliphatic carbocycles.